The number of rotatable bonds is 3. The Kier molecular flexibility index (Phi) is 3.00. The number of nitrogens with zero attached hydrogens (tertiary/aromatic N) is 2. The second-order valence-corrected chi connectivity index (χ2v) is 3.14. The molecule has 82 valence electrons. The number of benzene rings is 1. The average molecular weight is 216 g/mol. The van der Waals surface area contributed by atoms with Crippen molar-refractivity contribution in [2.75, 3.05) is 14.2 Å². The van der Waals surface area contributed by atoms with E-state index in [4.69, 9.17) is 9.47 Å². The summed E-state index contributed by atoms with van der Waals surface area (Å²) >= 11 is 0. The van der Waals surface area contributed by atoms with E-state index in [-0.39, 0.29) is 0 Å². The summed E-state index contributed by atoms with van der Waals surface area (Å²) in [6, 6.07) is 9.73. The summed E-state index contributed by atoms with van der Waals surface area (Å²) in [5.41, 5.74) is 1.63. The predicted molar refractivity (Wildman–Crippen MR) is 60.6 cm³/mol. The molecular formula is C12H12N2O2. The second-order valence-electron chi connectivity index (χ2n) is 3.14. The van der Waals surface area contributed by atoms with Crippen LogP contribution >= 0.6 is 0 Å². The van der Waals surface area contributed by atoms with Gasteiger partial charge in [0.1, 0.15) is 5.69 Å². The van der Waals surface area contributed by atoms with E-state index in [0.29, 0.717) is 17.5 Å². The summed E-state index contributed by atoms with van der Waals surface area (Å²) in [6.45, 7) is 0. The van der Waals surface area contributed by atoms with Gasteiger partial charge in [-0.2, -0.15) is 0 Å². The standard InChI is InChI=1S/C12H12N2O2/c1-15-10-8-13-12(16-2)11(14-10)9-6-4-3-5-7-9/h3-8H,1-2H3. The molecule has 1 aromatic heterocycles. The van der Waals surface area contributed by atoms with Crippen molar-refractivity contribution < 1.29 is 9.47 Å². The Morgan fingerprint density at radius 3 is 2.38 bits per heavy atom. The van der Waals surface area contributed by atoms with Crippen molar-refractivity contribution in [1.82, 2.24) is 9.97 Å². The molecule has 0 spiro atoms. The largest absolute Gasteiger partial charge is 0.480 e. The van der Waals surface area contributed by atoms with E-state index in [1.807, 2.05) is 30.3 Å². The highest BCUT2D eigenvalue weighted by atomic mass is 16.5. The molecule has 0 radical (unpaired) electrons. The van der Waals surface area contributed by atoms with E-state index >= 15 is 0 Å². The number of hydrogen-bond acceptors (Lipinski definition) is 4. The zero-order valence-corrected chi connectivity index (χ0v) is 9.18. The summed E-state index contributed by atoms with van der Waals surface area (Å²) < 4.78 is 10.2. The summed E-state index contributed by atoms with van der Waals surface area (Å²) in [6.07, 6.45) is 1.53. The molecule has 0 saturated heterocycles. The minimum atomic E-state index is 0.472. The number of ether oxygens (including phenoxy) is 2. The average Bonchev–Trinajstić information content (AvgIpc) is 2.39. The van der Waals surface area contributed by atoms with Gasteiger partial charge in [-0.25, -0.2) is 9.97 Å². The summed E-state index contributed by atoms with van der Waals surface area (Å²) in [5, 5.41) is 0. The van der Waals surface area contributed by atoms with Crippen LogP contribution in [0.3, 0.4) is 0 Å². The van der Waals surface area contributed by atoms with Crippen LogP contribution in [0.25, 0.3) is 11.3 Å². The Labute approximate surface area is 93.9 Å². The first-order chi connectivity index (χ1) is 7.85. The molecule has 4 nitrogen and oxygen atoms in total. The smallest absolute Gasteiger partial charge is 0.240 e. The fourth-order valence-electron chi connectivity index (χ4n) is 1.39. The third-order valence-electron chi connectivity index (χ3n) is 2.17. The second kappa shape index (κ2) is 4.61. The van der Waals surface area contributed by atoms with Gasteiger partial charge in [0, 0.05) is 5.56 Å². The van der Waals surface area contributed by atoms with Gasteiger partial charge in [-0.1, -0.05) is 30.3 Å². The molecule has 0 saturated carbocycles. The molecule has 0 N–H and O–H groups in total. The van der Waals surface area contributed by atoms with Gasteiger partial charge in [-0.15, -0.1) is 0 Å². The molecule has 0 amide bonds. The van der Waals surface area contributed by atoms with E-state index in [9.17, 15) is 0 Å². The Bertz CT molecular complexity index is 472. The topological polar surface area (TPSA) is 44.2 Å². The molecule has 1 heterocycles. The van der Waals surface area contributed by atoms with E-state index in [0.717, 1.165) is 5.56 Å². The van der Waals surface area contributed by atoms with Gasteiger partial charge in [0.15, 0.2) is 0 Å². The lowest BCUT2D eigenvalue weighted by atomic mass is 10.1. The van der Waals surface area contributed by atoms with Crippen molar-refractivity contribution in [2.24, 2.45) is 0 Å². The highest BCUT2D eigenvalue weighted by molar-refractivity contribution is 5.64. The molecule has 0 aliphatic carbocycles. The molecule has 0 unspecified atom stereocenters. The van der Waals surface area contributed by atoms with Crippen LogP contribution < -0.4 is 9.47 Å². The van der Waals surface area contributed by atoms with Gasteiger partial charge < -0.3 is 9.47 Å². The monoisotopic (exact) mass is 216 g/mol. The molecule has 0 fully saturated rings. The summed E-state index contributed by atoms with van der Waals surface area (Å²) in [7, 11) is 3.13. The maximum Gasteiger partial charge on any atom is 0.240 e. The highest BCUT2D eigenvalue weighted by Gasteiger charge is 2.10. The van der Waals surface area contributed by atoms with E-state index < -0.39 is 0 Å². The fourth-order valence-corrected chi connectivity index (χ4v) is 1.39. The molecule has 0 aliphatic rings. The Morgan fingerprint density at radius 2 is 1.75 bits per heavy atom. The lowest BCUT2D eigenvalue weighted by Gasteiger charge is -2.07. The van der Waals surface area contributed by atoms with Gasteiger partial charge in [0.25, 0.3) is 0 Å². The molecular weight excluding hydrogens is 204 g/mol. The molecule has 0 atom stereocenters. The minimum Gasteiger partial charge on any atom is -0.480 e. The first-order valence-electron chi connectivity index (χ1n) is 4.85. The fraction of sp³-hybridized carbons (Fsp3) is 0.167. The van der Waals surface area contributed by atoms with Crippen molar-refractivity contribution >= 4 is 0 Å². The van der Waals surface area contributed by atoms with Gasteiger partial charge >= 0.3 is 0 Å². The van der Waals surface area contributed by atoms with Crippen LogP contribution in [-0.2, 0) is 0 Å². The van der Waals surface area contributed by atoms with Gasteiger partial charge in [-0.3, -0.25) is 0 Å². The van der Waals surface area contributed by atoms with Crippen molar-refractivity contribution in [1.29, 1.82) is 0 Å². The third-order valence-corrected chi connectivity index (χ3v) is 2.17. The van der Waals surface area contributed by atoms with Crippen molar-refractivity contribution in [3.63, 3.8) is 0 Å². The van der Waals surface area contributed by atoms with Gasteiger partial charge in [-0.05, 0) is 0 Å². The van der Waals surface area contributed by atoms with Crippen LogP contribution in [0, 0.1) is 0 Å². The lowest BCUT2D eigenvalue weighted by molar-refractivity contribution is 0.377. The van der Waals surface area contributed by atoms with Crippen LogP contribution in [0.15, 0.2) is 36.5 Å². The highest BCUT2D eigenvalue weighted by Crippen LogP contribution is 2.27. The molecule has 0 aliphatic heterocycles. The van der Waals surface area contributed by atoms with Crippen molar-refractivity contribution in [3.8, 4) is 23.0 Å². The van der Waals surface area contributed by atoms with E-state index in [1.54, 1.807) is 14.2 Å². The van der Waals surface area contributed by atoms with Crippen LogP contribution in [0.4, 0.5) is 0 Å². The Balaban J connectivity index is 2.53. The molecule has 2 aromatic rings. The van der Waals surface area contributed by atoms with E-state index in [1.165, 1.54) is 6.20 Å². The van der Waals surface area contributed by atoms with Crippen molar-refractivity contribution in [3.05, 3.63) is 36.5 Å². The lowest BCUT2D eigenvalue weighted by Crippen LogP contribution is -1.97. The van der Waals surface area contributed by atoms with Crippen LogP contribution in [-0.4, -0.2) is 24.2 Å². The number of aromatic nitrogens is 2. The molecule has 1 aromatic carbocycles. The summed E-state index contributed by atoms with van der Waals surface area (Å²) in [5.74, 6) is 0.964. The Hall–Kier alpha value is -2.10. The molecule has 0 bridgehead atoms. The minimum absolute atomic E-state index is 0.472. The first-order valence-corrected chi connectivity index (χ1v) is 4.85. The number of methoxy groups -OCH3 is 2. The predicted octanol–water partition coefficient (Wildman–Crippen LogP) is 2.16. The molecule has 4 heteroatoms. The zero-order valence-electron chi connectivity index (χ0n) is 9.18. The summed E-state index contributed by atoms with van der Waals surface area (Å²) in [4.78, 5) is 8.46. The van der Waals surface area contributed by atoms with Crippen molar-refractivity contribution in [2.45, 2.75) is 0 Å². The van der Waals surface area contributed by atoms with Gasteiger partial charge in [0.05, 0.1) is 20.4 Å². The van der Waals surface area contributed by atoms with E-state index in [2.05, 4.69) is 9.97 Å². The van der Waals surface area contributed by atoms with Crippen LogP contribution in [0.1, 0.15) is 0 Å². The van der Waals surface area contributed by atoms with Crippen LogP contribution in [0.5, 0.6) is 11.8 Å². The first kappa shape index (κ1) is 10.4. The van der Waals surface area contributed by atoms with Gasteiger partial charge in [0.2, 0.25) is 11.8 Å². The Morgan fingerprint density at radius 1 is 1.00 bits per heavy atom. The number of hydrogen-bond donors (Lipinski definition) is 0. The van der Waals surface area contributed by atoms with Crippen LogP contribution in [0.2, 0.25) is 0 Å². The maximum atomic E-state index is 5.17. The normalized spacial score (nSPS) is 9.88. The maximum absolute atomic E-state index is 5.17. The third kappa shape index (κ3) is 1.95. The quantitative estimate of drug-likeness (QED) is 0.788. The molecule has 16 heavy (non-hydrogen) atoms. The SMILES string of the molecule is COc1cnc(OC)c(-c2ccccc2)n1. The zero-order chi connectivity index (χ0) is 11.4. The molecule has 2 rings (SSSR count).